The smallest absolute Gasteiger partial charge is 0.379 e. The highest BCUT2D eigenvalue weighted by Gasteiger charge is 2.31. The van der Waals surface area contributed by atoms with Crippen molar-refractivity contribution in [2.75, 3.05) is 5.32 Å². The lowest BCUT2D eigenvalue weighted by Crippen LogP contribution is -2.07. The van der Waals surface area contributed by atoms with Crippen LogP contribution in [0.15, 0.2) is 30.3 Å². The van der Waals surface area contributed by atoms with E-state index >= 15 is 0 Å². The van der Waals surface area contributed by atoms with Gasteiger partial charge in [0.15, 0.2) is 0 Å². The first-order chi connectivity index (χ1) is 9.40. The Balaban J connectivity index is 2.18. The maximum Gasteiger partial charge on any atom is 0.416 e. The SMILES string of the molecule is Cc1ccc(CNc2ccc(C(F)(F)F)cc2C#N)s1. The van der Waals surface area contributed by atoms with Gasteiger partial charge in [-0.3, -0.25) is 0 Å². The number of nitriles is 1. The Morgan fingerprint density at radius 2 is 2.00 bits per heavy atom. The molecule has 0 unspecified atom stereocenters. The topological polar surface area (TPSA) is 35.8 Å². The van der Waals surface area contributed by atoms with Crippen LogP contribution in [-0.4, -0.2) is 0 Å². The Morgan fingerprint density at radius 1 is 1.25 bits per heavy atom. The van der Waals surface area contributed by atoms with Crippen LogP contribution in [0.4, 0.5) is 18.9 Å². The highest BCUT2D eigenvalue weighted by Crippen LogP contribution is 2.31. The van der Waals surface area contributed by atoms with E-state index in [2.05, 4.69) is 5.32 Å². The molecule has 0 spiro atoms. The Labute approximate surface area is 118 Å². The number of nitrogens with one attached hydrogen (secondary N) is 1. The zero-order valence-electron chi connectivity index (χ0n) is 10.6. The van der Waals surface area contributed by atoms with Crippen molar-refractivity contribution in [3.05, 3.63) is 51.2 Å². The molecule has 104 valence electrons. The predicted molar refractivity (Wildman–Crippen MR) is 72.5 cm³/mol. The Kier molecular flexibility index (Phi) is 4.00. The summed E-state index contributed by atoms with van der Waals surface area (Å²) in [5.74, 6) is 0. The second kappa shape index (κ2) is 5.55. The van der Waals surface area contributed by atoms with Gasteiger partial charge in [-0.2, -0.15) is 18.4 Å². The number of aryl methyl sites for hydroxylation is 1. The van der Waals surface area contributed by atoms with Crippen molar-refractivity contribution in [2.45, 2.75) is 19.6 Å². The third-order valence-corrected chi connectivity index (χ3v) is 3.72. The highest BCUT2D eigenvalue weighted by atomic mass is 32.1. The third-order valence-electron chi connectivity index (χ3n) is 2.72. The average Bonchev–Trinajstić information content (AvgIpc) is 2.81. The lowest BCUT2D eigenvalue weighted by molar-refractivity contribution is -0.137. The van der Waals surface area contributed by atoms with Crippen molar-refractivity contribution in [3.8, 4) is 6.07 Å². The summed E-state index contributed by atoms with van der Waals surface area (Å²) in [5.41, 5.74) is -0.411. The van der Waals surface area contributed by atoms with Crippen LogP contribution in [0.2, 0.25) is 0 Å². The molecule has 0 fully saturated rings. The van der Waals surface area contributed by atoms with Gasteiger partial charge in [-0.1, -0.05) is 0 Å². The van der Waals surface area contributed by atoms with Crippen LogP contribution in [-0.2, 0) is 12.7 Å². The molecule has 1 heterocycles. The van der Waals surface area contributed by atoms with E-state index in [1.807, 2.05) is 19.1 Å². The number of halogens is 3. The number of benzene rings is 1. The van der Waals surface area contributed by atoms with Gasteiger partial charge in [0.2, 0.25) is 0 Å². The van der Waals surface area contributed by atoms with Gasteiger partial charge in [0.1, 0.15) is 6.07 Å². The highest BCUT2D eigenvalue weighted by molar-refractivity contribution is 7.11. The predicted octanol–water partition coefficient (Wildman–Crippen LogP) is 4.56. The molecular weight excluding hydrogens is 285 g/mol. The largest absolute Gasteiger partial charge is 0.416 e. The van der Waals surface area contributed by atoms with Gasteiger partial charge in [-0.05, 0) is 37.3 Å². The van der Waals surface area contributed by atoms with E-state index in [0.29, 0.717) is 12.2 Å². The molecule has 20 heavy (non-hydrogen) atoms. The van der Waals surface area contributed by atoms with Crippen molar-refractivity contribution in [3.63, 3.8) is 0 Å². The Bertz CT molecular complexity index is 653. The van der Waals surface area contributed by atoms with Crippen molar-refractivity contribution in [2.24, 2.45) is 0 Å². The first-order valence-corrected chi connectivity index (χ1v) is 6.62. The summed E-state index contributed by atoms with van der Waals surface area (Å²) in [6, 6.07) is 8.84. The number of alkyl halides is 3. The van der Waals surface area contributed by atoms with E-state index in [4.69, 9.17) is 5.26 Å². The molecule has 6 heteroatoms. The van der Waals surface area contributed by atoms with Crippen LogP contribution in [0, 0.1) is 18.3 Å². The average molecular weight is 296 g/mol. The van der Waals surface area contributed by atoms with Crippen molar-refractivity contribution >= 4 is 17.0 Å². The van der Waals surface area contributed by atoms with E-state index in [0.717, 1.165) is 21.9 Å². The molecular formula is C14H11F3N2S. The fraction of sp³-hybridized carbons (Fsp3) is 0.214. The maximum absolute atomic E-state index is 12.6. The van der Waals surface area contributed by atoms with Gasteiger partial charge in [-0.15, -0.1) is 11.3 Å². The normalized spacial score (nSPS) is 11.2. The summed E-state index contributed by atoms with van der Waals surface area (Å²) in [6.45, 7) is 2.46. The summed E-state index contributed by atoms with van der Waals surface area (Å²) in [7, 11) is 0. The zero-order chi connectivity index (χ0) is 14.8. The number of rotatable bonds is 3. The van der Waals surface area contributed by atoms with Gasteiger partial charge in [-0.25, -0.2) is 0 Å². The lowest BCUT2D eigenvalue weighted by Gasteiger charge is -2.11. The molecule has 0 atom stereocenters. The summed E-state index contributed by atoms with van der Waals surface area (Å²) < 4.78 is 37.7. The maximum atomic E-state index is 12.6. The summed E-state index contributed by atoms with van der Waals surface area (Å²) in [5, 5.41) is 11.9. The minimum atomic E-state index is -4.44. The summed E-state index contributed by atoms with van der Waals surface area (Å²) in [6.07, 6.45) is -4.44. The fourth-order valence-corrected chi connectivity index (χ4v) is 2.56. The lowest BCUT2D eigenvalue weighted by atomic mass is 10.1. The van der Waals surface area contributed by atoms with E-state index in [1.54, 1.807) is 17.4 Å². The summed E-state index contributed by atoms with van der Waals surface area (Å²) in [4.78, 5) is 2.22. The zero-order valence-corrected chi connectivity index (χ0v) is 11.4. The van der Waals surface area contributed by atoms with Crippen molar-refractivity contribution in [1.82, 2.24) is 0 Å². The fourth-order valence-electron chi connectivity index (χ4n) is 1.73. The van der Waals surface area contributed by atoms with Gasteiger partial charge in [0.25, 0.3) is 0 Å². The standard InChI is InChI=1S/C14H11F3N2S/c1-9-2-4-12(20-9)8-19-13-5-3-11(14(15,16)17)6-10(13)7-18/h2-6,19H,8H2,1H3. The van der Waals surface area contributed by atoms with Crippen LogP contribution in [0.3, 0.4) is 0 Å². The number of thiophene rings is 1. The first-order valence-electron chi connectivity index (χ1n) is 5.80. The molecule has 0 saturated carbocycles. The monoisotopic (exact) mass is 296 g/mol. The van der Waals surface area contributed by atoms with Crippen LogP contribution in [0.25, 0.3) is 0 Å². The quantitative estimate of drug-likeness (QED) is 0.901. The van der Waals surface area contributed by atoms with Crippen LogP contribution < -0.4 is 5.32 Å². The molecule has 2 nitrogen and oxygen atoms in total. The second-order valence-electron chi connectivity index (χ2n) is 4.24. The molecule has 2 aromatic rings. The summed E-state index contributed by atoms with van der Waals surface area (Å²) >= 11 is 1.60. The van der Waals surface area contributed by atoms with Crippen LogP contribution in [0.5, 0.6) is 0 Å². The molecule has 1 aromatic heterocycles. The molecule has 0 saturated heterocycles. The number of hydrogen-bond donors (Lipinski definition) is 1. The van der Waals surface area contributed by atoms with E-state index < -0.39 is 11.7 Å². The molecule has 2 rings (SSSR count). The molecule has 0 amide bonds. The molecule has 0 aliphatic rings. The van der Waals surface area contributed by atoms with Gasteiger partial charge < -0.3 is 5.32 Å². The molecule has 0 aliphatic carbocycles. The molecule has 0 bridgehead atoms. The number of anilines is 1. The second-order valence-corrected chi connectivity index (χ2v) is 5.61. The Morgan fingerprint density at radius 3 is 2.55 bits per heavy atom. The number of hydrogen-bond acceptors (Lipinski definition) is 3. The van der Waals surface area contributed by atoms with Crippen LogP contribution >= 0.6 is 11.3 Å². The van der Waals surface area contributed by atoms with E-state index in [-0.39, 0.29) is 5.56 Å². The first kappa shape index (κ1) is 14.4. The third kappa shape index (κ3) is 3.31. The van der Waals surface area contributed by atoms with Crippen molar-refractivity contribution < 1.29 is 13.2 Å². The van der Waals surface area contributed by atoms with Gasteiger partial charge in [0.05, 0.1) is 16.8 Å². The van der Waals surface area contributed by atoms with E-state index in [9.17, 15) is 13.2 Å². The van der Waals surface area contributed by atoms with Gasteiger partial charge in [0, 0.05) is 16.3 Å². The van der Waals surface area contributed by atoms with Crippen LogP contribution in [0.1, 0.15) is 20.9 Å². The van der Waals surface area contributed by atoms with Crippen molar-refractivity contribution in [1.29, 1.82) is 5.26 Å². The van der Waals surface area contributed by atoms with Gasteiger partial charge >= 0.3 is 6.18 Å². The molecule has 0 radical (unpaired) electrons. The minimum absolute atomic E-state index is 0.00639. The molecule has 0 aliphatic heterocycles. The van der Waals surface area contributed by atoms with E-state index in [1.165, 1.54) is 6.07 Å². The Hall–Kier alpha value is -2.00. The molecule has 1 aromatic carbocycles. The minimum Gasteiger partial charge on any atom is -0.379 e. The number of nitrogens with zero attached hydrogens (tertiary/aromatic N) is 1. The molecule has 1 N–H and O–H groups in total.